The van der Waals surface area contributed by atoms with E-state index in [-0.39, 0.29) is 5.92 Å². The fourth-order valence-corrected chi connectivity index (χ4v) is 2.79. The highest BCUT2D eigenvalue weighted by atomic mass is 16.4. The quantitative estimate of drug-likeness (QED) is 0.615. The summed E-state index contributed by atoms with van der Waals surface area (Å²) >= 11 is 0. The van der Waals surface area contributed by atoms with Gasteiger partial charge in [0.2, 0.25) is 0 Å². The van der Waals surface area contributed by atoms with Gasteiger partial charge in [-0.15, -0.1) is 0 Å². The average Bonchev–Trinajstić information content (AvgIpc) is 2.05. The van der Waals surface area contributed by atoms with Crippen LogP contribution in [-0.2, 0) is 4.79 Å². The number of hydrogen-bond acceptors (Lipinski definition) is 2. The van der Waals surface area contributed by atoms with Gasteiger partial charge in [-0.2, -0.15) is 0 Å². The van der Waals surface area contributed by atoms with Gasteiger partial charge in [0, 0.05) is 0 Å². The third-order valence-electron chi connectivity index (χ3n) is 3.60. The van der Waals surface area contributed by atoms with E-state index in [1.807, 2.05) is 0 Å². The molecule has 3 saturated carbocycles. The monoisotopic (exact) mass is 169 g/mol. The first-order valence-corrected chi connectivity index (χ1v) is 4.65. The minimum Gasteiger partial charge on any atom is -0.480 e. The maximum atomic E-state index is 10.9. The molecule has 0 heterocycles. The van der Waals surface area contributed by atoms with Gasteiger partial charge in [-0.25, -0.2) is 0 Å². The van der Waals surface area contributed by atoms with Gasteiger partial charge in [-0.3, -0.25) is 4.79 Å². The van der Waals surface area contributed by atoms with Crippen LogP contribution in [0.4, 0.5) is 0 Å². The van der Waals surface area contributed by atoms with E-state index in [1.165, 1.54) is 12.8 Å². The topological polar surface area (TPSA) is 63.3 Å². The standard InChI is InChI=1S/C9H15NO2/c10-9(8(11)12)5-6-1-3-7(9)4-2-6/h6-7H,1-5,10H2,(H,11,12)/t6?,7?,9-/m0/s1. The molecule has 0 spiro atoms. The first-order chi connectivity index (χ1) is 5.63. The van der Waals surface area contributed by atoms with Gasteiger partial charge in [0.1, 0.15) is 5.54 Å². The Balaban J connectivity index is 2.22. The first-order valence-electron chi connectivity index (χ1n) is 4.65. The molecule has 3 aliphatic rings. The third kappa shape index (κ3) is 0.959. The predicted octanol–water partition coefficient (Wildman–Crippen LogP) is 0.979. The van der Waals surface area contributed by atoms with Crippen molar-refractivity contribution in [1.29, 1.82) is 0 Å². The van der Waals surface area contributed by atoms with Crippen molar-refractivity contribution in [3.63, 3.8) is 0 Å². The molecule has 3 rings (SSSR count). The van der Waals surface area contributed by atoms with Crippen molar-refractivity contribution in [2.45, 2.75) is 37.6 Å². The highest BCUT2D eigenvalue weighted by Crippen LogP contribution is 2.46. The van der Waals surface area contributed by atoms with Crippen LogP contribution in [0, 0.1) is 11.8 Å². The molecule has 0 aromatic heterocycles. The maximum absolute atomic E-state index is 10.9. The van der Waals surface area contributed by atoms with Crippen LogP contribution in [0.1, 0.15) is 32.1 Å². The second-order valence-corrected chi connectivity index (χ2v) is 4.27. The Kier molecular flexibility index (Phi) is 1.65. The molecule has 68 valence electrons. The molecule has 3 heteroatoms. The second kappa shape index (κ2) is 2.46. The third-order valence-corrected chi connectivity index (χ3v) is 3.60. The summed E-state index contributed by atoms with van der Waals surface area (Å²) in [6.07, 6.45) is 5.13. The Morgan fingerprint density at radius 1 is 1.33 bits per heavy atom. The van der Waals surface area contributed by atoms with Crippen LogP contribution in [0.2, 0.25) is 0 Å². The molecule has 3 N–H and O–H groups in total. The molecular formula is C9H15NO2. The van der Waals surface area contributed by atoms with Crippen molar-refractivity contribution in [2.75, 3.05) is 0 Å². The molecule has 0 aromatic carbocycles. The molecule has 1 atom stereocenters. The predicted molar refractivity (Wildman–Crippen MR) is 44.6 cm³/mol. The van der Waals surface area contributed by atoms with Gasteiger partial charge in [0.15, 0.2) is 0 Å². The van der Waals surface area contributed by atoms with E-state index in [0.29, 0.717) is 12.3 Å². The summed E-state index contributed by atoms with van der Waals surface area (Å²) < 4.78 is 0. The lowest BCUT2D eigenvalue weighted by atomic mass is 9.61. The normalized spacial score (nSPS) is 46.1. The van der Waals surface area contributed by atoms with E-state index in [9.17, 15) is 4.79 Å². The number of rotatable bonds is 1. The van der Waals surface area contributed by atoms with Crippen LogP contribution in [-0.4, -0.2) is 16.6 Å². The molecule has 2 bridgehead atoms. The summed E-state index contributed by atoms with van der Waals surface area (Å²) in [5.41, 5.74) is 5.00. The Bertz CT molecular complexity index is 209. The number of carboxylic acid groups (broad SMARTS) is 1. The van der Waals surface area contributed by atoms with Gasteiger partial charge >= 0.3 is 5.97 Å². The number of fused-ring (bicyclic) bond motifs is 3. The lowest BCUT2D eigenvalue weighted by molar-refractivity contribution is -0.150. The molecular weight excluding hydrogens is 154 g/mol. The fraction of sp³-hybridized carbons (Fsp3) is 0.889. The molecule has 3 aliphatic carbocycles. The molecule has 0 unspecified atom stereocenters. The Hall–Kier alpha value is -0.570. The zero-order chi connectivity index (χ0) is 8.77. The maximum Gasteiger partial charge on any atom is 0.323 e. The van der Waals surface area contributed by atoms with Crippen molar-refractivity contribution >= 4 is 5.97 Å². The van der Waals surface area contributed by atoms with Crippen LogP contribution in [0.5, 0.6) is 0 Å². The van der Waals surface area contributed by atoms with Gasteiger partial charge in [-0.1, -0.05) is 12.8 Å². The lowest BCUT2D eigenvalue weighted by Gasteiger charge is -2.46. The highest BCUT2D eigenvalue weighted by molar-refractivity contribution is 5.79. The van der Waals surface area contributed by atoms with E-state index >= 15 is 0 Å². The Labute approximate surface area is 71.9 Å². The molecule has 0 amide bonds. The summed E-state index contributed by atoms with van der Waals surface area (Å²) in [4.78, 5) is 10.9. The van der Waals surface area contributed by atoms with Gasteiger partial charge in [0.25, 0.3) is 0 Å². The van der Waals surface area contributed by atoms with Crippen LogP contribution in [0.15, 0.2) is 0 Å². The van der Waals surface area contributed by atoms with E-state index in [4.69, 9.17) is 10.8 Å². The Morgan fingerprint density at radius 3 is 2.17 bits per heavy atom. The van der Waals surface area contributed by atoms with E-state index in [1.54, 1.807) is 0 Å². The van der Waals surface area contributed by atoms with Crippen molar-refractivity contribution in [1.82, 2.24) is 0 Å². The second-order valence-electron chi connectivity index (χ2n) is 4.27. The average molecular weight is 169 g/mol. The van der Waals surface area contributed by atoms with Crippen LogP contribution < -0.4 is 5.73 Å². The zero-order valence-electron chi connectivity index (χ0n) is 7.12. The van der Waals surface area contributed by atoms with Crippen LogP contribution in [0.25, 0.3) is 0 Å². The fourth-order valence-electron chi connectivity index (χ4n) is 2.79. The van der Waals surface area contributed by atoms with Crippen LogP contribution in [0.3, 0.4) is 0 Å². The van der Waals surface area contributed by atoms with Crippen molar-refractivity contribution in [3.8, 4) is 0 Å². The first kappa shape index (κ1) is 8.05. The number of carboxylic acids is 1. The zero-order valence-corrected chi connectivity index (χ0v) is 7.12. The van der Waals surface area contributed by atoms with E-state index in [0.717, 1.165) is 12.8 Å². The lowest BCUT2D eigenvalue weighted by Crippen LogP contribution is -2.59. The Morgan fingerprint density at radius 2 is 1.92 bits per heavy atom. The van der Waals surface area contributed by atoms with Crippen molar-refractivity contribution in [3.05, 3.63) is 0 Å². The molecule has 0 aliphatic heterocycles. The molecule has 0 radical (unpaired) electrons. The molecule has 12 heavy (non-hydrogen) atoms. The molecule has 3 fully saturated rings. The van der Waals surface area contributed by atoms with E-state index in [2.05, 4.69) is 0 Å². The number of carbonyl (C=O) groups is 1. The number of hydrogen-bond donors (Lipinski definition) is 2. The largest absolute Gasteiger partial charge is 0.480 e. The van der Waals surface area contributed by atoms with Crippen molar-refractivity contribution in [2.24, 2.45) is 17.6 Å². The number of aliphatic carboxylic acids is 1. The minimum atomic E-state index is -0.888. The summed E-state index contributed by atoms with van der Waals surface area (Å²) in [5, 5.41) is 8.99. The minimum absolute atomic E-state index is 0.236. The van der Waals surface area contributed by atoms with Crippen molar-refractivity contribution < 1.29 is 9.90 Å². The SMILES string of the molecule is N[C@@]1(C(=O)O)CC2CCC1CC2. The smallest absolute Gasteiger partial charge is 0.323 e. The van der Waals surface area contributed by atoms with Gasteiger partial charge in [-0.05, 0) is 31.1 Å². The molecule has 0 aromatic rings. The number of nitrogens with two attached hydrogens (primary N) is 1. The summed E-state index contributed by atoms with van der Waals surface area (Å²) in [6, 6.07) is 0. The van der Waals surface area contributed by atoms with Gasteiger partial charge in [0.05, 0.1) is 0 Å². The summed E-state index contributed by atoms with van der Waals surface area (Å²) in [5.74, 6) is 0.0213. The highest BCUT2D eigenvalue weighted by Gasteiger charge is 2.49. The van der Waals surface area contributed by atoms with Crippen LogP contribution >= 0.6 is 0 Å². The van der Waals surface area contributed by atoms with E-state index < -0.39 is 11.5 Å². The van der Waals surface area contributed by atoms with Gasteiger partial charge < -0.3 is 10.8 Å². The molecule has 0 saturated heterocycles. The molecule has 3 nitrogen and oxygen atoms in total. The summed E-state index contributed by atoms with van der Waals surface area (Å²) in [6.45, 7) is 0. The summed E-state index contributed by atoms with van der Waals surface area (Å²) in [7, 11) is 0.